The number of hydrogen-bond acceptors (Lipinski definition) is 2. The van der Waals surface area contributed by atoms with Gasteiger partial charge >= 0.3 is 0 Å². The first-order valence-electron chi connectivity index (χ1n) is 14.2. The number of aryl methyl sites for hydroxylation is 2. The summed E-state index contributed by atoms with van der Waals surface area (Å²) < 4.78 is 10.3. The molecule has 0 spiro atoms. The van der Waals surface area contributed by atoms with Crippen molar-refractivity contribution in [3.8, 4) is 0 Å². The zero-order valence-corrected chi connectivity index (χ0v) is 23.5. The van der Waals surface area contributed by atoms with Gasteiger partial charge in [0, 0.05) is 0 Å². The molecule has 0 unspecified atom stereocenters. The fourth-order valence-electron chi connectivity index (χ4n) is 4.50. The summed E-state index contributed by atoms with van der Waals surface area (Å²) in [5.74, 6) is 0. The summed E-state index contributed by atoms with van der Waals surface area (Å²) in [5, 5.41) is 0. The molecule has 0 radical (unpaired) electrons. The average molecular weight is 491 g/mol. The van der Waals surface area contributed by atoms with Gasteiger partial charge in [0.05, 0.1) is 25.1 Å². The summed E-state index contributed by atoms with van der Waals surface area (Å²) in [6.07, 6.45) is 33.8. The van der Waals surface area contributed by atoms with Crippen LogP contribution in [0.3, 0.4) is 0 Å². The Bertz CT molecular complexity index is 842. The van der Waals surface area contributed by atoms with Crippen molar-refractivity contribution < 1.29 is 8.83 Å². The molecule has 0 fully saturated rings. The van der Waals surface area contributed by atoms with Crippen molar-refractivity contribution in [1.82, 2.24) is 0 Å². The molecule has 2 heterocycles. The molecule has 0 aromatic carbocycles. The molecule has 0 atom stereocenters. The third kappa shape index (κ3) is 14.8. The van der Waals surface area contributed by atoms with Crippen LogP contribution in [0.25, 0.3) is 0 Å². The maximum atomic E-state index is 5.13. The summed E-state index contributed by atoms with van der Waals surface area (Å²) in [5.41, 5.74) is 8.70. The van der Waals surface area contributed by atoms with Crippen molar-refractivity contribution >= 4 is 0 Å². The van der Waals surface area contributed by atoms with Gasteiger partial charge < -0.3 is 8.83 Å². The lowest BCUT2D eigenvalue weighted by Crippen LogP contribution is -1.85. The molecule has 2 rings (SSSR count). The van der Waals surface area contributed by atoms with Gasteiger partial charge in [-0.3, -0.25) is 0 Å². The monoisotopic (exact) mass is 490 g/mol. The van der Waals surface area contributed by atoms with Crippen LogP contribution in [0.15, 0.2) is 92.6 Å². The normalized spacial score (nSPS) is 13.6. The summed E-state index contributed by atoms with van der Waals surface area (Å²) in [6.45, 7) is 9.13. The Balaban J connectivity index is 1.45. The standard InChI is InChI=1S/C34H50O2/c1-29(15-9-17-31(3)19-11-21-33-23-25-35-27-33)13-7-5-6-8-14-30(2)16-10-18-32(4)20-12-22-34-24-26-36-28-34/h15-16,19-20,23-28H,5-14,17-18,21-22H2,1-4H3/b29-15+,30-16+,31-19+,32-20+. The highest BCUT2D eigenvalue weighted by molar-refractivity contribution is 5.10. The smallest absolute Gasteiger partial charge is 0.0934 e. The van der Waals surface area contributed by atoms with Crippen LogP contribution >= 0.6 is 0 Å². The molecule has 2 aromatic heterocycles. The first kappa shape index (κ1) is 29.7. The maximum absolute atomic E-state index is 5.13. The molecule has 2 aromatic rings. The lowest BCUT2D eigenvalue weighted by molar-refractivity contribution is 0.563. The first-order valence-corrected chi connectivity index (χ1v) is 14.2. The van der Waals surface area contributed by atoms with Crippen molar-refractivity contribution in [1.29, 1.82) is 0 Å². The number of furan rings is 2. The maximum Gasteiger partial charge on any atom is 0.0934 e. The Morgan fingerprint density at radius 1 is 0.528 bits per heavy atom. The fourth-order valence-corrected chi connectivity index (χ4v) is 4.50. The van der Waals surface area contributed by atoms with Gasteiger partial charge in [0.2, 0.25) is 0 Å². The minimum Gasteiger partial charge on any atom is -0.472 e. The van der Waals surface area contributed by atoms with Crippen LogP contribution in [0.5, 0.6) is 0 Å². The Labute approximate surface area is 221 Å². The number of hydrogen-bond donors (Lipinski definition) is 0. The molecule has 0 aliphatic heterocycles. The van der Waals surface area contributed by atoms with E-state index in [1.165, 1.54) is 86.5 Å². The van der Waals surface area contributed by atoms with E-state index >= 15 is 0 Å². The third-order valence-corrected chi connectivity index (χ3v) is 6.97. The Kier molecular flexibility index (Phi) is 15.5. The van der Waals surface area contributed by atoms with E-state index in [2.05, 4.69) is 64.1 Å². The fraction of sp³-hybridized carbons (Fsp3) is 0.529. The van der Waals surface area contributed by atoms with Gasteiger partial charge in [-0.25, -0.2) is 0 Å². The SMILES string of the molecule is C/C(=C\CCc1ccoc1)CC/C=C(\C)CCCCCC/C(C)=C/CC/C(C)=C/CCc1ccoc1. The van der Waals surface area contributed by atoms with E-state index in [0.717, 1.165) is 25.7 Å². The minimum atomic E-state index is 1.07. The molecule has 0 saturated heterocycles. The van der Waals surface area contributed by atoms with Gasteiger partial charge in [-0.1, -0.05) is 59.4 Å². The quantitative estimate of drug-likeness (QED) is 0.144. The van der Waals surface area contributed by atoms with E-state index in [1.54, 1.807) is 23.7 Å². The van der Waals surface area contributed by atoms with Crippen LogP contribution in [-0.4, -0.2) is 0 Å². The minimum absolute atomic E-state index is 1.07. The van der Waals surface area contributed by atoms with E-state index < -0.39 is 0 Å². The summed E-state index contributed by atoms with van der Waals surface area (Å²) in [4.78, 5) is 0. The molecule has 0 bridgehead atoms. The van der Waals surface area contributed by atoms with E-state index in [1.807, 2.05) is 12.5 Å². The number of allylic oxidation sites excluding steroid dienone is 8. The predicted octanol–water partition coefficient (Wildman–Crippen LogP) is 11.1. The molecule has 0 N–H and O–H groups in total. The van der Waals surface area contributed by atoms with Gasteiger partial charge in [-0.2, -0.15) is 0 Å². The summed E-state index contributed by atoms with van der Waals surface area (Å²) in [7, 11) is 0. The molecule has 198 valence electrons. The lowest BCUT2D eigenvalue weighted by atomic mass is 10.0. The van der Waals surface area contributed by atoms with Crippen LogP contribution in [-0.2, 0) is 12.8 Å². The van der Waals surface area contributed by atoms with Crippen molar-refractivity contribution in [2.75, 3.05) is 0 Å². The summed E-state index contributed by atoms with van der Waals surface area (Å²) in [6, 6.07) is 4.11. The Morgan fingerprint density at radius 2 is 0.917 bits per heavy atom. The first-order chi connectivity index (χ1) is 17.5. The van der Waals surface area contributed by atoms with Crippen molar-refractivity contribution in [2.45, 2.75) is 118 Å². The zero-order chi connectivity index (χ0) is 25.8. The van der Waals surface area contributed by atoms with Crippen LogP contribution in [0.1, 0.15) is 116 Å². The third-order valence-electron chi connectivity index (χ3n) is 6.97. The second-order valence-electron chi connectivity index (χ2n) is 10.5. The lowest BCUT2D eigenvalue weighted by Gasteiger charge is -2.05. The highest BCUT2D eigenvalue weighted by atomic mass is 16.3. The van der Waals surface area contributed by atoms with Gasteiger partial charge in [0.25, 0.3) is 0 Å². The zero-order valence-electron chi connectivity index (χ0n) is 23.5. The number of unbranched alkanes of at least 4 members (excludes halogenated alkanes) is 3. The van der Waals surface area contributed by atoms with Crippen molar-refractivity contribution in [2.24, 2.45) is 0 Å². The average Bonchev–Trinajstić information content (AvgIpc) is 3.56. The molecule has 2 nitrogen and oxygen atoms in total. The second kappa shape index (κ2) is 18.7. The molecule has 0 aliphatic carbocycles. The largest absolute Gasteiger partial charge is 0.472 e. The molecular formula is C34H50O2. The molecule has 36 heavy (non-hydrogen) atoms. The Morgan fingerprint density at radius 3 is 1.31 bits per heavy atom. The van der Waals surface area contributed by atoms with Crippen LogP contribution in [0.2, 0.25) is 0 Å². The molecule has 0 aliphatic rings. The predicted molar refractivity (Wildman–Crippen MR) is 155 cm³/mol. The van der Waals surface area contributed by atoms with Gasteiger partial charge in [0.15, 0.2) is 0 Å². The summed E-state index contributed by atoms with van der Waals surface area (Å²) >= 11 is 0. The number of rotatable bonds is 19. The molecule has 0 amide bonds. The highest BCUT2D eigenvalue weighted by Gasteiger charge is 1.98. The van der Waals surface area contributed by atoms with E-state index in [9.17, 15) is 0 Å². The van der Waals surface area contributed by atoms with E-state index in [4.69, 9.17) is 8.83 Å². The Hall–Kier alpha value is -2.48. The van der Waals surface area contributed by atoms with Gasteiger partial charge in [0.1, 0.15) is 0 Å². The van der Waals surface area contributed by atoms with Crippen LogP contribution in [0.4, 0.5) is 0 Å². The molecular weight excluding hydrogens is 440 g/mol. The van der Waals surface area contributed by atoms with Crippen molar-refractivity contribution in [3.63, 3.8) is 0 Å². The van der Waals surface area contributed by atoms with E-state index in [-0.39, 0.29) is 0 Å². The van der Waals surface area contributed by atoms with Crippen LogP contribution in [0, 0.1) is 0 Å². The molecule has 2 heteroatoms. The van der Waals surface area contributed by atoms with Gasteiger partial charge in [-0.05, 0) is 128 Å². The topological polar surface area (TPSA) is 26.3 Å². The van der Waals surface area contributed by atoms with E-state index in [0.29, 0.717) is 0 Å². The van der Waals surface area contributed by atoms with Crippen LogP contribution < -0.4 is 0 Å². The van der Waals surface area contributed by atoms with Crippen molar-refractivity contribution in [3.05, 3.63) is 94.9 Å². The second-order valence-corrected chi connectivity index (χ2v) is 10.5. The molecule has 0 saturated carbocycles. The van der Waals surface area contributed by atoms with Gasteiger partial charge in [-0.15, -0.1) is 0 Å². The highest BCUT2D eigenvalue weighted by Crippen LogP contribution is 2.17.